The number of hydrogen-bond acceptors (Lipinski definition) is 3. The smallest absolute Gasteiger partial charge is 0.272 e. The lowest BCUT2D eigenvalue weighted by Gasteiger charge is -2.31. The van der Waals surface area contributed by atoms with Crippen LogP contribution < -0.4 is 5.32 Å². The molecule has 1 fully saturated rings. The number of imidazole rings is 1. The zero-order chi connectivity index (χ0) is 9.97. The van der Waals surface area contributed by atoms with Crippen LogP contribution in [0.5, 0.6) is 0 Å². The van der Waals surface area contributed by atoms with Crippen molar-refractivity contribution in [3.63, 3.8) is 0 Å². The summed E-state index contributed by atoms with van der Waals surface area (Å²) in [5.41, 5.74) is 0.569. The third kappa shape index (κ3) is 1.77. The van der Waals surface area contributed by atoms with Crippen LogP contribution in [0.15, 0.2) is 12.5 Å². The topological polar surface area (TPSA) is 61.0 Å². The van der Waals surface area contributed by atoms with Crippen molar-refractivity contribution in [2.24, 2.45) is 0 Å². The van der Waals surface area contributed by atoms with Gasteiger partial charge in [-0.3, -0.25) is 4.79 Å². The Morgan fingerprint density at radius 2 is 2.57 bits per heavy atom. The molecule has 0 aliphatic carbocycles. The van der Waals surface area contributed by atoms with E-state index >= 15 is 0 Å². The van der Waals surface area contributed by atoms with E-state index in [9.17, 15) is 4.79 Å². The fourth-order valence-electron chi connectivity index (χ4n) is 1.66. The van der Waals surface area contributed by atoms with Gasteiger partial charge in [0.25, 0.3) is 5.91 Å². The molecular formula is C9H14N4O. The van der Waals surface area contributed by atoms with Gasteiger partial charge in [0.1, 0.15) is 5.69 Å². The second-order valence-electron chi connectivity index (χ2n) is 3.57. The summed E-state index contributed by atoms with van der Waals surface area (Å²) in [5, 5.41) is 3.29. The van der Waals surface area contributed by atoms with E-state index in [1.807, 2.05) is 4.90 Å². The van der Waals surface area contributed by atoms with E-state index < -0.39 is 0 Å². The maximum Gasteiger partial charge on any atom is 0.272 e. The Hall–Kier alpha value is -1.36. The number of H-pyrrole nitrogens is 1. The van der Waals surface area contributed by atoms with Crippen LogP contribution in [0.1, 0.15) is 17.4 Å². The van der Waals surface area contributed by atoms with Crippen molar-refractivity contribution >= 4 is 5.91 Å². The Kier molecular flexibility index (Phi) is 2.49. The zero-order valence-electron chi connectivity index (χ0n) is 8.16. The first kappa shape index (κ1) is 9.21. The molecule has 1 aliphatic heterocycles. The van der Waals surface area contributed by atoms with Crippen molar-refractivity contribution in [1.82, 2.24) is 20.2 Å². The summed E-state index contributed by atoms with van der Waals surface area (Å²) >= 11 is 0. The van der Waals surface area contributed by atoms with Crippen molar-refractivity contribution in [2.45, 2.75) is 13.0 Å². The van der Waals surface area contributed by atoms with E-state index in [-0.39, 0.29) is 5.91 Å². The minimum Gasteiger partial charge on any atom is -0.341 e. The Bertz CT molecular complexity index is 309. The van der Waals surface area contributed by atoms with E-state index in [1.54, 1.807) is 6.20 Å². The number of carbonyl (C=O) groups is 1. The van der Waals surface area contributed by atoms with Gasteiger partial charge >= 0.3 is 0 Å². The van der Waals surface area contributed by atoms with E-state index in [0.29, 0.717) is 11.7 Å². The SMILES string of the molecule is C[C@@H]1CN(C(=O)c2cnc[nH]2)CCN1. The molecule has 0 bridgehead atoms. The van der Waals surface area contributed by atoms with Crippen LogP contribution >= 0.6 is 0 Å². The predicted octanol–water partition coefficient (Wildman–Crippen LogP) is -0.156. The number of rotatable bonds is 1. The van der Waals surface area contributed by atoms with Crippen LogP contribution in [0.3, 0.4) is 0 Å². The molecule has 5 heteroatoms. The Morgan fingerprint density at radius 3 is 3.21 bits per heavy atom. The lowest BCUT2D eigenvalue weighted by molar-refractivity contribution is 0.0704. The standard InChI is InChI=1S/C9H14N4O/c1-7-5-13(3-2-11-7)9(14)8-4-10-6-12-8/h4,6-7,11H,2-3,5H2,1H3,(H,10,12)/t7-/m1/s1. The van der Waals surface area contributed by atoms with Gasteiger partial charge in [-0.15, -0.1) is 0 Å². The summed E-state index contributed by atoms with van der Waals surface area (Å²) in [7, 11) is 0. The Morgan fingerprint density at radius 1 is 1.71 bits per heavy atom. The zero-order valence-corrected chi connectivity index (χ0v) is 8.16. The van der Waals surface area contributed by atoms with Crippen LogP contribution in [0.2, 0.25) is 0 Å². The number of nitrogens with zero attached hydrogens (tertiary/aromatic N) is 2. The number of amides is 1. The molecule has 76 valence electrons. The number of piperazine rings is 1. The van der Waals surface area contributed by atoms with E-state index in [2.05, 4.69) is 22.2 Å². The van der Waals surface area contributed by atoms with Gasteiger partial charge in [0, 0.05) is 25.7 Å². The molecular weight excluding hydrogens is 180 g/mol. The largest absolute Gasteiger partial charge is 0.341 e. The van der Waals surface area contributed by atoms with Gasteiger partial charge in [0.15, 0.2) is 0 Å². The highest BCUT2D eigenvalue weighted by molar-refractivity contribution is 5.92. The first-order valence-electron chi connectivity index (χ1n) is 4.78. The molecule has 2 N–H and O–H groups in total. The summed E-state index contributed by atoms with van der Waals surface area (Å²) in [4.78, 5) is 20.3. The van der Waals surface area contributed by atoms with Crippen LogP contribution in [0.4, 0.5) is 0 Å². The molecule has 0 spiro atoms. The molecule has 0 radical (unpaired) electrons. The highest BCUT2D eigenvalue weighted by atomic mass is 16.2. The van der Waals surface area contributed by atoms with Gasteiger partial charge in [0.05, 0.1) is 12.5 Å². The quantitative estimate of drug-likeness (QED) is 0.653. The lowest BCUT2D eigenvalue weighted by atomic mass is 10.2. The first-order valence-corrected chi connectivity index (χ1v) is 4.78. The van der Waals surface area contributed by atoms with Crippen LogP contribution in [-0.4, -0.2) is 46.5 Å². The van der Waals surface area contributed by atoms with Crippen molar-refractivity contribution < 1.29 is 4.79 Å². The van der Waals surface area contributed by atoms with Crippen molar-refractivity contribution in [1.29, 1.82) is 0 Å². The number of carbonyl (C=O) groups excluding carboxylic acids is 1. The number of nitrogens with one attached hydrogen (secondary N) is 2. The summed E-state index contributed by atoms with van der Waals surface area (Å²) in [6.07, 6.45) is 3.09. The van der Waals surface area contributed by atoms with E-state index in [4.69, 9.17) is 0 Å². The molecule has 1 saturated heterocycles. The average Bonchev–Trinajstić information content (AvgIpc) is 2.69. The van der Waals surface area contributed by atoms with E-state index in [0.717, 1.165) is 19.6 Å². The Balaban J connectivity index is 2.04. The monoisotopic (exact) mass is 194 g/mol. The number of aromatic amines is 1. The second-order valence-corrected chi connectivity index (χ2v) is 3.57. The van der Waals surface area contributed by atoms with Gasteiger partial charge in [-0.25, -0.2) is 4.98 Å². The molecule has 0 unspecified atom stereocenters. The van der Waals surface area contributed by atoms with Crippen LogP contribution in [-0.2, 0) is 0 Å². The minimum atomic E-state index is 0.0378. The number of hydrogen-bond donors (Lipinski definition) is 2. The first-order chi connectivity index (χ1) is 6.77. The van der Waals surface area contributed by atoms with Gasteiger partial charge in [-0.05, 0) is 6.92 Å². The van der Waals surface area contributed by atoms with Crippen molar-refractivity contribution in [3.8, 4) is 0 Å². The second kappa shape index (κ2) is 3.79. The molecule has 1 amide bonds. The predicted molar refractivity (Wildman–Crippen MR) is 52.0 cm³/mol. The number of aromatic nitrogens is 2. The van der Waals surface area contributed by atoms with Crippen LogP contribution in [0.25, 0.3) is 0 Å². The van der Waals surface area contributed by atoms with Gasteiger partial charge in [0.2, 0.25) is 0 Å². The molecule has 1 aromatic rings. The molecule has 0 saturated carbocycles. The molecule has 14 heavy (non-hydrogen) atoms. The highest BCUT2D eigenvalue weighted by Gasteiger charge is 2.21. The molecule has 1 aliphatic rings. The normalized spacial score (nSPS) is 22.4. The Labute approximate surface area is 82.5 Å². The van der Waals surface area contributed by atoms with Gasteiger partial charge in [-0.1, -0.05) is 0 Å². The third-order valence-electron chi connectivity index (χ3n) is 2.38. The summed E-state index contributed by atoms with van der Waals surface area (Å²) < 4.78 is 0. The maximum atomic E-state index is 11.8. The molecule has 2 rings (SSSR count). The highest BCUT2D eigenvalue weighted by Crippen LogP contribution is 2.04. The molecule has 1 aromatic heterocycles. The van der Waals surface area contributed by atoms with Gasteiger partial charge < -0.3 is 15.2 Å². The minimum absolute atomic E-state index is 0.0378. The van der Waals surface area contributed by atoms with Gasteiger partial charge in [-0.2, -0.15) is 0 Å². The molecule has 2 heterocycles. The van der Waals surface area contributed by atoms with Crippen molar-refractivity contribution in [3.05, 3.63) is 18.2 Å². The molecule has 1 atom stereocenters. The maximum absolute atomic E-state index is 11.8. The van der Waals surface area contributed by atoms with Crippen LogP contribution in [0, 0.1) is 0 Å². The lowest BCUT2D eigenvalue weighted by Crippen LogP contribution is -2.51. The molecule has 0 aromatic carbocycles. The fraction of sp³-hybridized carbons (Fsp3) is 0.556. The summed E-state index contributed by atoms with van der Waals surface area (Å²) in [5.74, 6) is 0.0378. The third-order valence-corrected chi connectivity index (χ3v) is 2.38. The summed E-state index contributed by atoms with van der Waals surface area (Å²) in [6, 6.07) is 0.371. The fourth-order valence-corrected chi connectivity index (χ4v) is 1.66. The summed E-state index contributed by atoms with van der Waals surface area (Å²) in [6.45, 7) is 4.47. The molecule has 5 nitrogen and oxygen atoms in total. The van der Waals surface area contributed by atoms with Crippen molar-refractivity contribution in [2.75, 3.05) is 19.6 Å². The van der Waals surface area contributed by atoms with E-state index in [1.165, 1.54) is 6.33 Å². The average molecular weight is 194 g/mol.